The first-order chi connectivity index (χ1) is 23.9. The van der Waals surface area contributed by atoms with E-state index in [0.717, 1.165) is 27.9 Å². The highest BCUT2D eigenvalue weighted by atomic mass is 16.7. The van der Waals surface area contributed by atoms with E-state index < -0.39 is 0 Å². The molecule has 2 aliphatic carbocycles. The van der Waals surface area contributed by atoms with E-state index in [1.54, 1.807) is 0 Å². The maximum absolute atomic E-state index is 6.30. The molecule has 49 heavy (non-hydrogen) atoms. The van der Waals surface area contributed by atoms with Gasteiger partial charge in [0.15, 0.2) is 24.3 Å². The third kappa shape index (κ3) is 7.15. The van der Waals surface area contributed by atoms with Crippen LogP contribution in [-0.4, -0.2) is 46.5 Å². The van der Waals surface area contributed by atoms with Gasteiger partial charge in [-0.2, -0.15) is 0 Å². The Morgan fingerprint density at radius 3 is 1.78 bits per heavy atom. The van der Waals surface area contributed by atoms with E-state index in [1.165, 1.54) is 41.5 Å². The largest absolute Gasteiger partial charge is 0.465 e. The smallest absolute Gasteiger partial charge is 0.189 e. The molecule has 252 valence electrons. The summed E-state index contributed by atoms with van der Waals surface area (Å²) < 4.78 is 17.5. The van der Waals surface area contributed by atoms with Crippen LogP contribution in [0, 0.1) is 0 Å². The Balaban J connectivity index is 1.28. The highest BCUT2D eigenvalue weighted by Crippen LogP contribution is 2.53. The van der Waals surface area contributed by atoms with Crippen LogP contribution in [-0.2, 0) is 9.47 Å². The Hall–Kier alpha value is -4.46. The molecule has 0 N–H and O–H groups in total. The van der Waals surface area contributed by atoms with Crippen molar-refractivity contribution in [2.45, 2.75) is 77.6 Å². The van der Waals surface area contributed by atoms with Gasteiger partial charge in [0.25, 0.3) is 0 Å². The molecule has 0 aliphatic heterocycles. The molecule has 0 spiro atoms. The summed E-state index contributed by atoms with van der Waals surface area (Å²) in [7, 11) is 0. The highest BCUT2D eigenvalue weighted by molar-refractivity contribution is 5.73. The lowest BCUT2D eigenvalue weighted by Gasteiger charge is -2.18. The molecule has 1 saturated carbocycles. The zero-order valence-electron chi connectivity index (χ0n) is 29.3. The van der Waals surface area contributed by atoms with Crippen LogP contribution >= 0.6 is 0 Å². The van der Waals surface area contributed by atoms with Gasteiger partial charge in [0, 0.05) is 35.1 Å². The van der Waals surface area contributed by atoms with Crippen LogP contribution in [0.1, 0.15) is 99.8 Å². The number of ether oxygens (including phenoxy) is 3. The first-order valence-electron chi connectivity index (χ1n) is 17.8. The average Bonchev–Trinajstić information content (AvgIpc) is 3.76. The summed E-state index contributed by atoms with van der Waals surface area (Å²) >= 11 is 0. The molecule has 2 atom stereocenters. The molecule has 7 heteroatoms. The van der Waals surface area contributed by atoms with Gasteiger partial charge in [0.1, 0.15) is 11.4 Å². The van der Waals surface area contributed by atoms with E-state index in [2.05, 4.69) is 94.4 Å². The quantitative estimate of drug-likeness (QED) is 0.0923. The molecule has 7 nitrogen and oxygen atoms in total. The minimum absolute atomic E-state index is 0.0823. The van der Waals surface area contributed by atoms with E-state index in [0.29, 0.717) is 66.7 Å². The summed E-state index contributed by atoms with van der Waals surface area (Å²) in [5, 5.41) is 0. The lowest BCUT2D eigenvalue weighted by molar-refractivity contribution is -0.0148. The van der Waals surface area contributed by atoms with Crippen molar-refractivity contribution in [1.82, 2.24) is 19.9 Å². The molecule has 2 aliphatic rings. The summed E-state index contributed by atoms with van der Waals surface area (Å²) in [4.78, 5) is 20.0. The van der Waals surface area contributed by atoms with Crippen LogP contribution in [0.15, 0.2) is 79.0 Å². The fourth-order valence-electron chi connectivity index (χ4n) is 7.11. The first-order valence-corrected chi connectivity index (χ1v) is 17.8. The maximum atomic E-state index is 6.30. The average molecular weight is 655 g/mol. The van der Waals surface area contributed by atoms with Crippen LogP contribution < -0.4 is 4.74 Å². The van der Waals surface area contributed by atoms with Gasteiger partial charge in [-0.15, -0.1) is 0 Å². The molecule has 2 aromatic heterocycles. The van der Waals surface area contributed by atoms with E-state index >= 15 is 0 Å². The van der Waals surface area contributed by atoms with Gasteiger partial charge in [-0.25, -0.2) is 15.0 Å². The molecule has 3 aromatic carbocycles. The zero-order chi connectivity index (χ0) is 33.9. The number of hydrogen-bond acceptors (Lipinski definition) is 7. The van der Waals surface area contributed by atoms with E-state index in [4.69, 9.17) is 34.1 Å². The molecule has 0 radical (unpaired) electrons. The van der Waals surface area contributed by atoms with Crippen molar-refractivity contribution in [2.75, 3.05) is 26.6 Å². The number of pyridine rings is 1. The standard InChI is InChI=1S/C42H46N4O3/c1-6-47-19-20-48-25-49-38-23-35(24-43-39(38)34-17-18-36-32-15-16-33(21-32)37(36)22-34)42-45-40(30-11-7-28(8-12-30)26(2)3)44-41(46-42)31-13-9-29(10-14-31)27(4)5/h7-14,17-18,22-24,26-27,32-33H,6,15-16,19-21,25H2,1-5H3. The van der Waals surface area contributed by atoms with Gasteiger partial charge in [-0.3, -0.25) is 4.98 Å². The summed E-state index contributed by atoms with van der Waals surface area (Å²) in [6.45, 7) is 12.5. The Kier molecular flexibility index (Phi) is 9.83. The van der Waals surface area contributed by atoms with Crippen LogP contribution in [0.25, 0.3) is 45.4 Å². The Bertz CT molecular complexity index is 1830. The number of fused-ring (bicyclic) bond motifs is 5. The fourth-order valence-corrected chi connectivity index (χ4v) is 7.11. The Labute approximate surface area is 290 Å². The minimum atomic E-state index is 0.0823. The number of rotatable bonds is 13. The van der Waals surface area contributed by atoms with Gasteiger partial charge < -0.3 is 14.2 Å². The van der Waals surface area contributed by atoms with Gasteiger partial charge >= 0.3 is 0 Å². The van der Waals surface area contributed by atoms with Crippen molar-refractivity contribution in [3.63, 3.8) is 0 Å². The highest BCUT2D eigenvalue weighted by Gasteiger charge is 2.37. The van der Waals surface area contributed by atoms with E-state index in [9.17, 15) is 0 Å². The molecule has 0 saturated heterocycles. The number of hydrogen-bond donors (Lipinski definition) is 0. The lowest BCUT2D eigenvalue weighted by Crippen LogP contribution is -2.10. The monoisotopic (exact) mass is 654 g/mol. The van der Waals surface area contributed by atoms with Crippen molar-refractivity contribution >= 4 is 0 Å². The predicted octanol–water partition coefficient (Wildman–Crippen LogP) is 9.94. The van der Waals surface area contributed by atoms with Crippen molar-refractivity contribution in [3.05, 3.63) is 101 Å². The van der Waals surface area contributed by atoms with E-state index in [1.807, 2.05) is 19.2 Å². The van der Waals surface area contributed by atoms with Gasteiger partial charge in [-0.05, 0) is 84.2 Å². The minimum Gasteiger partial charge on any atom is -0.465 e. The predicted molar refractivity (Wildman–Crippen MR) is 195 cm³/mol. The SMILES string of the molecule is CCOCCOCOc1cc(-c2nc(-c3ccc(C(C)C)cc3)nc(-c3ccc(C(C)C)cc3)n2)cnc1-c1ccc2c(c1)C1CCC2C1. The third-order valence-electron chi connectivity index (χ3n) is 9.96. The number of benzene rings is 3. The van der Waals surface area contributed by atoms with Crippen molar-refractivity contribution in [3.8, 4) is 51.2 Å². The number of nitrogens with zero attached hydrogens (tertiary/aromatic N) is 4. The van der Waals surface area contributed by atoms with Gasteiger partial charge in [-0.1, -0.05) is 88.4 Å². The second-order valence-electron chi connectivity index (χ2n) is 13.8. The molecular formula is C42H46N4O3. The fraction of sp³-hybridized carbons (Fsp3) is 0.381. The molecule has 2 heterocycles. The van der Waals surface area contributed by atoms with Gasteiger partial charge in [0.05, 0.1) is 13.2 Å². The molecule has 5 aromatic rings. The topological polar surface area (TPSA) is 79.2 Å². The second-order valence-corrected chi connectivity index (χ2v) is 13.8. The summed E-state index contributed by atoms with van der Waals surface area (Å²) in [5.74, 6) is 4.61. The summed E-state index contributed by atoms with van der Waals surface area (Å²) in [6, 6.07) is 25.8. The third-order valence-corrected chi connectivity index (χ3v) is 9.96. The maximum Gasteiger partial charge on any atom is 0.189 e. The zero-order valence-corrected chi connectivity index (χ0v) is 29.3. The normalized spacial score (nSPS) is 16.5. The first kappa shape index (κ1) is 33.1. The van der Waals surface area contributed by atoms with Gasteiger partial charge in [0.2, 0.25) is 0 Å². The van der Waals surface area contributed by atoms with Crippen LogP contribution in [0.2, 0.25) is 0 Å². The van der Waals surface area contributed by atoms with Crippen LogP contribution in [0.3, 0.4) is 0 Å². The Morgan fingerprint density at radius 2 is 1.18 bits per heavy atom. The second kappa shape index (κ2) is 14.6. The Morgan fingerprint density at radius 1 is 0.633 bits per heavy atom. The number of aromatic nitrogens is 4. The summed E-state index contributed by atoms with van der Waals surface area (Å²) in [5.41, 5.74) is 9.97. The molecular weight excluding hydrogens is 608 g/mol. The van der Waals surface area contributed by atoms with Crippen LogP contribution in [0.5, 0.6) is 5.75 Å². The molecule has 2 bridgehead atoms. The van der Waals surface area contributed by atoms with Crippen molar-refractivity contribution in [2.24, 2.45) is 0 Å². The van der Waals surface area contributed by atoms with Crippen molar-refractivity contribution < 1.29 is 14.2 Å². The lowest BCUT2D eigenvalue weighted by atomic mass is 9.90. The molecule has 1 fully saturated rings. The molecule has 2 unspecified atom stereocenters. The molecule has 7 rings (SSSR count). The molecule has 0 amide bonds. The van der Waals surface area contributed by atoms with Crippen molar-refractivity contribution in [1.29, 1.82) is 0 Å². The van der Waals surface area contributed by atoms with E-state index in [-0.39, 0.29) is 6.79 Å². The van der Waals surface area contributed by atoms with Crippen LogP contribution in [0.4, 0.5) is 0 Å². The summed E-state index contributed by atoms with van der Waals surface area (Å²) in [6.07, 6.45) is 5.70.